The molecule has 1 amide bonds. The number of aromatic nitrogens is 1. The number of amides is 1. The van der Waals surface area contributed by atoms with Crippen LogP contribution in [0.1, 0.15) is 5.56 Å². The quantitative estimate of drug-likeness (QED) is 0.841. The smallest absolute Gasteiger partial charge is 0.240 e. The van der Waals surface area contributed by atoms with Gasteiger partial charge in [0.25, 0.3) is 0 Å². The van der Waals surface area contributed by atoms with Crippen LogP contribution in [0, 0.1) is 5.41 Å². The molecule has 0 unspecified atom stereocenters. The van der Waals surface area contributed by atoms with Crippen LogP contribution in [0.2, 0.25) is 0 Å². The van der Waals surface area contributed by atoms with E-state index in [2.05, 4.69) is 5.32 Å². The van der Waals surface area contributed by atoms with E-state index in [1.807, 2.05) is 30.3 Å². The van der Waals surface area contributed by atoms with Gasteiger partial charge in [-0.1, -0.05) is 30.3 Å². The highest BCUT2D eigenvalue weighted by molar-refractivity contribution is 7.06. The lowest BCUT2D eigenvalue weighted by Crippen LogP contribution is -2.29. The van der Waals surface area contributed by atoms with Crippen molar-refractivity contribution in [2.45, 2.75) is 13.1 Å². The van der Waals surface area contributed by atoms with Crippen molar-refractivity contribution in [3.05, 3.63) is 52.3 Å². The summed E-state index contributed by atoms with van der Waals surface area (Å²) in [5.41, 5.74) is 1.07. The van der Waals surface area contributed by atoms with Gasteiger partial charge in [-0.05, 0) is 5.56 Å². The van der Waals surface area contributed by atoms with Gasteiger partial charge in [0.05, 0.1) is 0 Å². The molecule has 0 aliphatic rings. The number of carbonyl (C=O) groups is 1. The first-order chi connectivity index (χ1) is 8.25. The molecule has 1 aromatic heterocycles. The minimum absolute atomic E-state index is 0.0780. The number of hydrogen-bond donors (Lipinski definition) is 2. The second kappa shape index (κ2) is 5.45. The average molecular weight is 247 g/mol. The maximum Gasteiger partial charge on any atom is 0.240 e. The van der Waals surface area contributed by atoms with Crippen LogP contribution in [0.5, 0.6) is 0 Å². The van der Waals surface area contributed by atoms with Crippen LogP contribution >= 0.6 is 11.3 Å². The van der Waals surface area contributed by atoms with Gasteiger partial charge in [-0.25, -0.2) is 0 Å². The molecule has 0 aliphatic heterocycles. The zero-order valence-corrected chi connectivity index (χ0v) is 10.0. The molecule has 2 rings (SSSR count). The van der Waals surface area contributed by atoms with Gasteiger partial charge in [-0.2, -0.15) is 0 Å². The number of thiazole rings is 1. The lowest BCUT2D eigenvalue weighted by molar-refractivity contribution is -0.121. The van der Waals surface area contributed by atoms with Crippen molar-refractivity contribution in [3.63, 3.8) is 0 Å². The zero-order valence-electron chi connectivity index (χ0n) is 9.22. The van der Waals surface area contributed by atoms with E-state index >= 15 is 0 Å². The molecule has 2 aromatic rings. The fourth-order valence-electron chi connectivity index (χ4n) is 1.44. The van der Waals surface area contributed by atoms with Crippen molar-refractivity contribution in [2.24, 2.45) is 0 Å². The normalized spacial score (nSPS) is 10.1. The van der Waals surface area contributed by atoms with Gasteiger partial charge in [-0.15, -0.1) is 11.3 Å². The summed E-state index contributed by atoms with van der Waals surface area (Å²) >= 11 is 1.31. The van der Waals surface area contributed by atoms with Crippen molar-refractivity contribution < 1.29 is 4.79 Å². The van der Waals surface area contributed by atoms with Crippen LogP contribution < -0.4 is 10.1 Å². The molecule has 1 heterocycles. The second-order valence-electron chi connectivity index (χ2n) is 3.60. The van der Waals surface area contributed by atoms with Crippen LogP contribution in [-0.4, -0.2) is 10.5 Å². The monoisotopic (exact) mass is 247 g/mol. The van der Waals surface area contributed by atoms with Crippen LogP contribution in [0.15, 0.2) is 41.9 Å². The number of hydrogen-bond acceptors (Lipinski definition) is 3. The molecular formula is C12H13N3OS. The van der Waals surface area contributed by atoms with Gasteiger partial charge in [0.1, 0.15) is 6.54 Å². The predicted molar refractivity (Wildman–Crippen MR) is 66.5 cm³/mol. The largest absolute Gasteiger partial charge is 0.350 e. The first-order valence-electron chi connectivity index (χ1n) is 5.25. The second-order valence-corrected chi connectivity index (χ2v) is 4.49. The van der Waals surface area contributed by atoms with Gasteiger partial charge in [0.2, 0.25) is 5.91 Å². The summed E-state index contributed by atoms with van der Waals surface area (Å²) in [5.74, 6) is -0.0780. The molecule has 0 radical (unpaired) electrons. The van der Waals surface area contributed by atoms with Gasteiger partial charge < -0.3 is 9.88 Å². The summed E-state index contributed by atoms with van der Waals surface area (Å²) in [7, 11) is 0. The first kappa shape index (κ1) is 11.6. The molecule has 0 saturated heterocycles. The lowest BCUT2D eigenvalue weighted by atomic mass is 10.2. The van der Waals surface area contributed by atoms with Crippen LogP contribution in [0.4, 0.5) is 0 Å². The number of nitrogens with zero attached hydrogens (tertiary/aromatic N) is 1. The fraction of sp³-hybridized carbons (Fsp3) is 0.167. The summed E-state index contributed by atoms with van der Waals surface area (Å²) in [6.45, 7) is 0.729. The molecule has 88 valence electrons. The molecule has 0 aliphatic carbocycles. The third-order valence-electron chi connectivity index (χ3n) is 2.33. The van der Waals surface area contributed by atoms with Crippen molar-refractivity contribution in [1.82, 2.24) is 9.88 Å². The summed E-state index contributed by atoms with van der Waals surface area (Å²) in [6, 6.07) is 9.76. The van der Waals surface area contributed by atoms with E-state index in [0.717, 1.165) is 5.56 Å². The Labute approximate surface area is 103 Å². The molecule has 0 bridgehead atoms. The lowest BCUT2D eigenvalue weighted by Gasteiger charge is -2.05. The van der Waals surface area contributed by atoms with Gasteiger partial charge in [0, 0.05) is 18.1 Å². The molecule has 0 saturated carbocycles. The molecule has 17 heavy (non-hydrogen) atoms. The highest BCUT2D eigenvalue weighted by Gasteiger charge is 2.03. The van der Waals surface area contributed by atoms with Crippen molar-refractivity contribution >= 4 is 17.2 Å². The number of rotatable bonds is 4. The minimum Gasteiger partial charge on any atom is -0.350 e. The average Bonchev–Trinajstić information content (AvgIpc) is 2.74. The van der Waals surface area contributed by atoms with E-state index in [1.165, 1.54) is 11.3 Å². The molecule has 4 nitrogen and oxygen atoms in total. The Morgan fingerprint density at radius 3 is 2.76 bits per heavy atom. The third-order valence-corrected chi connectivity index (χ3v) is 3.04. The van der Waals surface area contributed by atoms with Crippen molar-refractivity contribution in [3.8, 4) is 0 Å². The van der Waals surface area contributed by atoms with Crippen molar-refractivity contribution in [1.29, 1.82) is 5.41 Å². The number of nitrogens with one attached hydrogen (secondary N) is 2. The number of benzene rings is 1. The Hall–Kier alpha value is -1.88. The van der Waals surface area contributed by atoms with Crippen molar-refractivity contribution in [2.75, 3.05) is 0 Å². The first-order valence-corrected chi connectivity index (χ1v) is 6.13. The van der Waals surface area contributed by atoms with E-state index in [1.54, 1.807) is 16.1 Å². The summed E-state index contributed by atoms with van der Waals surface area (Å²) in [6.07, 6.45) is 1.75. The summed E-state index contributed by atoms with van der Waals surface area (Å²) < 4.78 is 1.62. The van der Waals surface area contributed by atoms with Crippen LogP contribution in [0.3, 0.4) is 0 Å². The van der Waals surface area contributed by atoms with E-state index in [0.29, 0.717) is 11.3 Å². The molecular weight excluding hydrogens is 234 g/mol. The van der Waals surface area contributed by atoms with Gasteiger partial charge in [0.15, 0.2) is 4.80 Å². The maximum atomic E-state index is 11.6. The fourth-order valence-corrected chi connectivity index (χ4v) is 2.03. The SMILES string of the molecule is N=c1sccn1CC(=O)NCc1ccccc1. The Kier molecular flexibility index (Phi) is 3.72. The van der Waals surface area contributed by atoms with Crippen LogP contribution in [0.25, 0.3) is 0 Å². The molecule has 1 aromatic carbocycles. The Balaban J connectivity index is 1.87. The van der Waals surface area contributed by atoms with Gasteiger partial charge >= 0.3 is 0 Å². The third kappa shape index (κ3) is 3.29. The highest BCUT2D eigenvalue weighted by Crippen LogP contribution is 1.97. The molecule has 2 N–H and O–H groups in total. The maximum absolute atomic E-state index is 11.6. The number of carbonyl (C=O) groups excluding carboxylic acids is 1. The minimum atomic E-state index is -0.0780. The Bertz CT molecular complexity index is 544. The van der Waals surface area contributed by atoms with Gasteiger partial charge in [-0.3, -0.25) is 10.2 Å². The highest BCUT2D eigenvalue weighted by atomic mass is 32.1. The van der Waals surface area contributed by atoms with E-state index < -0.39 is 0 Å². The molecule has 0 fully saturated rings. The summed E-state index contributed by atoms with van der Waals surface area (Å²) in [4.78, 5) is 12.0. The standard InChI is InChI=1S/C12H13N3OS/c13-12-15(6-7-17-12)9-11(16)14-8-10-4-2-1-3-5-10/h1-7,13H,8-9H2,(H,14,16). The molecule has 0 atom stereocenters. The van der Waals surface area contributed by atoms with Crippen LogP contribution in [-0.2, 0) is 17.9 Å². The van der Waals surface area contributed by atoms with E-state index in [9.17, 15) is 4.79 Å². The summed E-state index contributed by atoms with van der Waals surface area (Å²) in [5, 5.41) is 12.2. The van der Waals surface area contributed by atoms with E-state index in [4.69, 9.17) is 5.41 Å². The van der Waals surface area contributed by atoms with E-state index in [-0.39, 0.29) is 12.5 Å². The Morgan fingerprint density at radius 1 is 1.35 bits per heavy atom. The molecule has 5 heteroatoms. The topological polar surface area (TPSA) is 57.9 Å². The predicted octanol–water partition coefficient (Wildman–Crippen LogP) is 1.35. The molecule has 0 spiro atoms. The Morgan fingerprint density at radius 2 is 2.12 bits per heavy atom. The zero-order chi connectivity index (χ0) is 12.1.